The van der Waals surface area contributed by atoms with Gasteiger partial charge in [-0.3, -0.25) is 44.3 Å². The van der Waals surface area contributed by atoms with Crippen LogP contribution >= 0.6 is 45.8 Å². The van der Waals surface area contributed by atoms with E-state index in [1.165, 1.54) is 39.2 Å². The number of rotatable bonds is 6. The monoisotopic (exact) mass is 813 g/mol. The quantitative estimate of drug-likeness (QED) is 0.110. The second kappa shape index (κ2) is 11.3. The van der Waals surface area contributed by atoms with Crippen molar-refractivity contribution in [2.24, 2.45) is 17.8 Å². The van der Waals surface area contributed by atoms with Crippen LogP contribution < -0.4 is 14.5 Å². The normalized spacial score (nSPS) is 29.4. The Bertz CT molecular complexity index is 1890. The fourth-order valence-corrected chi connectivity index (χ4v) is 9.39. The fourth-order valence-electron chi connectivity index (χ4n) is 7.74. The highest BCUT2D eigenvalue weighted by Crippen LogP contribution is 2.66. The highest BCUT2D eigenvalue weighted by atomic mass is 127. The summed E-state index contributed by atoms with van der Waals surface area (Å²) in [7, 11) is 5.36. The molecule has 48 heavy (non-hydrogen) atoms. The third-order valence-corrected chi connectivity index (χ3v) is 12.0. The zero-order chi connectivity index (χ0) is 35.4. The van der Waals surface area contributed by atoms with E-state index in [9.17, 15) is 44.5 Å². The molecule has 2 saturated heterocycles. The Hall–Kier alpha value is -4.03. The van der Waals surface area contributed by atoms with Crippen molar-refractivity contribution in [2.75, 3.05) is 38.1 Å². The number of benzene rings is 2. The van der Waals surface area contributed by atoms with Gasteiger partial charge >= 0.3 is 11.4 Å². The number of ether oxygens (including phenoxy) is 1. The Labute approximate surface area is 295 Å². The first kappa shape index (κ1) is 33.9. The van der Waals surface area contributed by atoms with Crippen molar-refractivity contribution in [2.45, 2.75) is 28.5 Å². The highest BCUT2D eigenvalue weighted by Gasteiger charge is 2.76. The molecular weight excluding hydrogens is 788 g/mol. The van der Waals surface area contributed by atoms with Gasteiger partial charge in [0.05, 0.1) is 38.0 Å². The molecular formula is C30H26Cl2IN5O10. The molecule has 0 aromatic heterocycles. The van der Waals surface area contributed by atoms with Crippen molar-refractivity contribution in [1.29, 1.82) is 0 Å². The summed E-state index contributed by atoms with van der Waals surface area (Å²) in [5.74, 6) is -7.44. The fraction of sp³-hybridized carbons (Fsp3) is 0.400. The van der Waals surface area contributed by atoms with E-state index in [2.05, 4.69) is 0 Å². The third kappa shape index (κ3) is 4.37. The summed E-state index contributed by atoms with van der Waals surface area (Å²) in [6, 6.07) is 4.92. The zero-order valence-corrected chi connectivity index (χ0v) is 29.3. The molecule has 1 saturated carbocycles. The number of aromatic hydroxyl groups is 1. The molecule has 6 atom stereocenters. The van der Waals surface area contributed by atoms with Crippen LogP contribution in [0.3, 0.4) is 0 Å². The topological polar surface area (TPSA) is 194 Å². The Morgan fingerprint density at radius 1 is 1.00 bits per heavy atom. The van der Waals surface area contributed by atoms with Gasteiger partial charge in [0.1, 0.15) is 0 Å². The molecule has 2 heterocycles. The van der Waals surface area contributed by atoms with Crippen LogP contribution in [-0.2, 0) is 19.2 Å². The number of allylic oxidation sites excluding steroid dienone is 2. The number of anilines is 2. The van der Waals surface area contributed by atoms with Crippen molar-refractivity contribution in [3.05, 3.63) is 65.3 Å². The van der Waals surface area contributed by atoms with Crippen LogP contribution in [0.1, 0.15) is 24.3 Å². The third-order valence-electron chi connectivity index (χ3n) is 9.77. The minimum atomic E-state index is -2.08. The molecule has 0 radical (unpaired) electrons. The van der Waals surface area contributed by atoms with Crippen molar-refractivity contribution in [3.63, 3.8) is 0 Å². The largest absolute Gasteiger partial charge is 0.504 e. The van der Waals surface area contributed by atoms with Crippen molar-refractivity contribution in [3.8, 4) is 11.5 Å². The Kier molecular flexibility index (Phi) is 7.95. The van der Waals surface area contributed by atoms with Gasteiger partial charge in [-0.05, 0) is 59.0 Å². The number of fused-ring (bicyclic) bond motifs is 4. The molecule has 3 fully saturated rings. The lowest BCUT2D eigenvalue weighted by Gasteiger charge is -2.50. The SMILES string of the molecule is COc1cc([C@H]2C3=CC[C@@H]4C(=O)N(c5cc([N+](=O)[O-])c(N(C)C)c([N+](=O)[O-])c5)C(=O)[C@@H]4[C@@H]3C[C@@]3(Cl)C(=O)N(C)C(=O)[C@@]23Cl)cc(I)c1O. The van der Waals surface area contributed by atoms with Crippen LogP contribution in [0, 0.1) is 41.6 Å². The number of nitro groups is 2. The van der Waals surface area contributed by atoms with Gasteiger partial charge in [0.2, 0.25) is 11.8 Å². The van der Waals surface area contributed by atoms with Gasteiger partial charge in [-0.15, -0.1) is 23.2 Å². The Morgan fingerprint density at radius 3 is 2.15 bits per heavy atom. The van der Waals surface area contributed by atoms with Gasteiger partial charge in [-0.1, -0.05) is 11.6 Å². The molecule has 18 heteroatoms. The molecule has 15 nitrogen and oxygen atoms in total. The van der Waals surface area contributed by atoms with Gasteiger partial charge in [-0.2, -0.15) is 0 Å². The lowest BCUT2D eigenvalue weighted by atomic mass is 9.56. The van der Waals surface area contributed by atoms with E-state index in [0.29, 0.717) is 19.6 Å². The maximum Gasteiger partial charge on any atom is 0.301 e. The lowest BCUT2D eigenvalue weighted by Crippen LogP contribution is -2.60. The summed E-state index contributed by atoms with van der Waals surface area (Å²) in [4.78, 5) is 76.8. The second-order valence-corrected chi connectivity index (χ2v) is 14.7. The van der Waals surface area contributed by atoms with Crippen LogP contribution in [0.5, 0.6) is 11.5 Å². The number of nitro benzene ring substituents is 2. The van der Waals surface area contributed by atoms with E-state index in [0.717, 1.165) is 17.0 Å². The first-order valence-electron chi connectivity index (χ1n) is 14.4. The maximum absolute atomic E-state index is 14.4. The number of halogens is 3. The number of imide groups is 2. The summed E-state index contributed by atoms with van der Waals surface area (Å²) in [6.45, 7) is 0. The number of likely N-dealkylation sites (tertiary alicyclic amines) is 1. The molecule has 0 unspecified atom stereocenters. The lowest BCUT2D eigenvalue weighted by molar-refractivity contribution is -0.392. The van der Waals surface area contributed by atoms with E-state index in [1.807, 2.05) is 22.6 Å². The van der Waals surface area contributed by atoms with Crippen LogP contribution in [-0.4, -0.2) is 81.5 Å². The molecule has 6 rings (SSSR count). The molecule has 2 aromatic carbocycles. The predicted molar refractivity (Wildman–Crippen MR) is 179 cm³/mol. The molecule has 4 amide bonds. The summed E-state index contributed by atoms with van der Waals surface area (Å²) in [6.07, 6.45) is 1.37. The van der Waals surface area contributed by atoms with Gasteiger partial charge in [0.25, 0.3) is 11.8 Å². The molecule has 0 spiro atoms. The number of alkyl halides is 2. The molecule has 2 aromatic rings. The number of phenolic OH excluding ortho intramolecular Hbond substituents is 1. The van der Waals surface area contributed by atoms with Gasteiger partial charge in [0, 0.05) is 39.2 Å². The van der Waals surface area contributed by atoms with Gasteiger partial charge in [-0.25, -0.2) is 4.90 Å². The maximum atomic E-state index is 14.4. The number of nitrogens with zero attached hydrogens (tertiary/aromatic N) is 5. The molecule has 2 aliphatic carbocycles. The predicted octanol–water partition coefficient (Wildman–Crippen LogP) is 4.08. The van der Waals surface area contributed by atoms with E-state index in [4.69, 9.17) is 27.9 Å². The van der Waals surface area contributed by atoms with Crippen LogP contribution in [0.15, 0.2) is 35.9 Å². The Balaban J connectivity index is 1.53. The van der Waals surface area contributed by atoms with Crippen molar-refractivity contribution >= 4 is 92.2 Å². The number of phenols is 1. The van der Waals surface area contributed by atoms with Gasteiger partial charge < -0.3 is 14.7 Å². The standard InChI is InChI=1S/C30H26Cl2IN5O10/c1-34(2)23-18(37(44)45)9-13(10-19(23)38(46)47)36-25(40)15-6-5-14-16(21(15)26(36)41)11-29(31)27(42)35(3)28(43)30(29,32)22(14)12-7-17(33)24(39)20(8-12)48-4/h5,7-10,15-16,21-22,39H,6,11H2,1-4H3/t15-,16+,21-,22-,29+,30-/m0/s1. The second-order valence-electron chi connectivity index (χ2n) is 12.3. The first-order valence-corrected chi connectivity index (χ1v) is 16.2. The van der Waals surface area contributed by atoms with Crippen LogP contribution in [0.2, 0.25) is 0 Å². The molecule has 0 bridgehead atoms. The van der Waals surface area contributed by atoms with Gasteiger partial charge in [0.15, 0.2) is 26.9 Å². The van der Waals surface area contributed by atoms with Crippen molar-refractivity contribution < 1.29 is 38.9 Å². The van der Waals surface area contributed by atoms with E-state index in [-0.39, 0.29) is 35.7 Å². The molecule has 2 aliphatic heterocycles. The Morgan fingerprint density at radius 2 is 1.60 bits per heavy atom. The van der Waals surface area contributed by atoms with E-state index in [1.54, 1.807) is 12.1 Å². The summed E-state index contributed by atoms with van der Waals surface area (Å²) in [5, 5.41) is 34.6. The number of hydrogen-bond donors (Lipinski definition) is 1. The minimum absolute atomic E-state index is 0.0133. The summed E-state index contributed by atoms with van der Waals surface area (Å²) < 4.78 is 5.69. The number of methoxy groups -OCH3 is 1. The summed E-state index contributed by atoms with van der Waals surface area (Å²) >= 11 is 16.2. The molecule has 1 N–H and O–H groups in total. The van der Waals surface area contributed by atoms with Crippen LogP contribution in [0.25, 0.3) is 0 Å². The number of amides is 4. The zero-order valence-electron chi connectivity index (χ0n) is 25.6. The molecule has 4 aliphatic rings. The minimum Gasteiger partial charge on any atom is -0.504 e. The highest BCUT2D eigenvalue weighted by molar-refractivity contribution is 14.1. The number of carbonyl (C=O) groups excluding carboxylic acids is 4. The first-order chi connectivity index (χ1) is 22.4. The van der Waals surface area contributed by atoms with Crippen LogP contribution in [0.4, 0.5) is 22.7 Å². The van der Waals surface area contributed by atoms with E-state index >= 15 is 0 Å². The smallest absolute Gasteiger partial charge is 0.301 e. The average molecular weight is 814 g/mol. The van der Waals surface area contributed by atoms with E-state index < -0.39 is 78.3 Å². The average Bonchev–Trinajstić information content (AvgIpc) is 3.36. The summed E-state index contributed by atoms with van der Waals surface area (Å²) in [5.41, 5.74) is -1.22. The number of carbonyl (C=O) groups is 4. The number of hydrogen-bond acceptors (Lipinski definition) is 11. The van der Waals surface area contributed by atoms with Crippen molar-refractivity contribution in [1.82, 2.24) is 4.90 Å². The molecule has 252 valence electrons.